The van der Waals surface area contributed by atoms with Gasteiger partial charge >= 0.3 is 0 Å². The first-order valence-corrected chi connectivity index (χ1v) is 9.44. The predicted molar refractivity (Wildman–Crippen MR) is 110 cm³/mol. The van der Waals surface area contributed by atoms with Crippen LogP contribution in [0, 0.1) is 5.82 Å². The van der Waals surface area contributed by atoms with E-state index in [1.807, 2.05) is 42.5 Å². The fourth-order valence-corrected chi connectivity index (χ4v) is 2.87. The van der Waals surface area contributed by atoms with Crippen molar-refractivity contribution in [3.8, 4) is 17.1 Å². The molecule has 0 aliphatic rings. The Hall–Kier alpha value is -3.93. The standard InChI is InChI=1S/C24H19FN2O3/c25-21-9-5-4-8-19(21)16-29-20-12-10-17(11-13-20)15-26-24(28)22-14-23(30-27-22)18-6-2-1-3-7-18/h1-14H,15-16H2,(H,26,28). The average Bonchev–Trinajstić information content (AvgIpc) is 3.29. The highest BCUT2D eigenvalue weighted by Gasteiger charge is 2.13. The lowest BCUT2D eigenvalue weighted by Crippen LogP contribution is -2.22. The van der Waals surface area contributed by atoms with Crippen molar-refractivity contribution < 1.29 is 18.4 Å². The second kappa shape index (κ2) is 9.05. The summed E-state index contributed by atoms with van der Waals surface area (Å²) in [7, 11) is 0. The van der Waals surface area contributed by atoms with Gasteiger partial charge in [-0.05, 0) is 23.8 Å². The lowest BCUT2D eigenvalue weighted by Gasteiger charge is -2.08. The smallest absolute Gasteiger partial charge is 0.273 e. The van der Waals surface area contributed by atoms with Gasteiger partial charge in [0.2, 0.25) is 0 Å². The fourth-order valence-electron chi connectivity index (χ4n) is 2.87. The summed E-state index contributed by atoms with van der Waals surface area (Å²) in [5.41, 5.74) is 2.47. The Kier molecular flexibility index (Phi) is 5.85. The largest absolute Gasteiger partial charge is 0.489 e. The molecule has 0 radical (unpaired) electrons. The number of benzene rings is 3. The molecular weight excluding hydrogens is 383 g/mol. The summed E-state index contributed by atoms with van der Waals surface area (Å²) in [6, 6.07) is 24.8. The third-order valence-corrected chi connectivity index (χ3v) is 4.53. The number of amides is 1. The molecule has 0 aliphatic heterocycles. The first-order valence-electron chi connectivity index (χ1n) is 9.44. The summed E-state index contributed by atoms with van der Waals surface area (Å²) in [4.78, 5) is 12.3. The molecule has 0 unspecified atom stereocenters. The molecule has 1 aromatic heterocycles. The summed E-state index contributed by atoms with van der Waals surface area (Å²) >= 11 is 0. The van der Waals surface area contributed by atoms with Crippen LogP contribution in [0.3, 0.4) is 0 Å². The molecule has 0 spiro atoms. The lowest BCUT2D eigenvalue weighted by atomic mass is 10.1. The minimum atomic E-state index is -0.319. The minimum Gasteiger partial charge on any atom is -0.489 e. The Morgan fingerprint density at radius 1 is 0.967 bits per heavy atom. The molecule has 5 nitrogen and oxygen atoms in total. The van der Waals surface area contributed by atoms with Crippen LogP contribution in [0.5, 0.6) is 5.75 Å². The number of halogens is 1. The van der Waals surface area contributed by atoms with Crippen molar-refractivity contribution in [2.45, 2.75) is 13.2 Å². The van der Waals surface area contributed by atoms with E-state index in [0.717, 1.165) is 11.1 Å². The molecule has 0 bridgehead atoms. The molecular formula is C24H19FN2O3. The Morgan fingerprint density at radius 2 is 1.70 bits per heavy atom. The van der Waals surface area contributed by atoms with E-state index >= 15 is 0 Å². The molecule has 30 heavy (non-hydrogen) atoms. The van der Waals surface area contributed by atoms with Crippen LogP contribution < -0.4 is 10.1 Å². The zero-order valence-electron chi connectivity index (χ0n) is 16.0. The van der Waals surface area contributed by atoms with Gasteiger partial charge in [0.15, 0.2) is 11.5 Å². The first-order chi connectivity index (χ1) is 14.7. The van der Waals surface area contributed by atoms with E-state index in [9.17, 15) is 9.18 Å². The van der Waals surface area contributed by atoms with Gasteiger partial charge < -0.3 is 14.6 Å². The Morgan fingerprint density at radius 3 is 2.47 bits per heavy atom. The average molecular weight is 402 g/mol. The number of nitrogens with zero attached hydrogens (tertiary/aromatic N) is 1. The van der Waals surface area contributed by atoms with E-state index in [4.69, 9.17) is 9.26 Å². The van der Waals surface area contributed by atoms with Gasteiger partial charge in [-0.1, -0.05) is 65.8 Å². The molecule has 0 saturated heterocycles. The van der Waals surface area contributed by atoms with E-state index in [1.54, 1.807) is 36.4 Å². The van der Waals surface area contributed by atoms with E-state index in [0.29, 0.717) is 23.6 Å². The van der Waals surface area contributed by atoms with Gasteiger partial charge in [-0.25, -0.2) is 4.39 Å². The SMILES string of the molecule is O=C(NCc1ccc(OCc2ccccc2F)cc1)c1cc(-c2ccccc2)on1. The molecule has 0 atom stereocenters. The van der Waals surface area contributed by atoms with E-state index in [1.165, 1.54) is 6.07 Å². The number of aromatic nitrogens is 1. The van der Waals surface area contributed by atoms with Crippen molar-refractivity contribution in [1.29, 1.82) is 0 Å². The third-order valence-electron chi connectivity index (χ3n) is 4.53. The number of carbonyl (C=O) groups is 1. The second-order valence-electron chi connectivity index (χ2n) is 6.65. The summed E-state index contributed by atoms with van der Waals surface area (Å²) < 4.78 is 24.5. The van der Waals surface area contributed by atoms with Crippen LogP contribution in [0.2, 0.25) is 0 Å². The molecule has 0 saturated carbocycles. The maximum absolute atomic E-state index is 13.6. The molecule has 1 N–H and O–H groups in total. The minimum absolute atomic E-state index is 0.151. The Balaban J connectivity index is 1.30. The molecule has 1 amide bonds. The van der Waals surface area contributed by atoms with Crippen molar-refractivity contribution in [2.24, 2.45) is 0 Å². The molecule has 4 rings (SSSR count). The van der Waals surface area contributed by atoms with E-state index in [-0.39, 0.29) is 24.0 Å². The van der Waals surface area contributed by atoms with Crippen LogP contribution >= 0.6 is 0 Å². The van der Waals surface area contributed by atoms with Crippen molar-refractivity contribution in [1.82, 2.24) is 10.5 Å². The van der Waals surface area contributed by atoms with Gasteiger partial charge in [0.25, 0.3) is 5.91 Å². The molecule has 4 aromatic rings. The Labute approximate surface area is 173 Å². The summed E-state index contributed by atoms with van der Waals surface area (Å²) in [6.45, 7) is 0.485. The zero-order valence-corrected chi connectivity index (χ0v) is 16.0. The number of nitrogens with one attached hydrogen (secondary N) is 1. The normalized spacial score (nSPS) is 10.6. The molecule has 6 heteroatoms. The first kappa shape index (κ1) is 19.4. The molecule has 1 heterocycles. The topological polar surface area (TPSA) is 64.4 Å². The molecule has 150 valence electrons. The van der Waals surface area contributed by atoms with E-state index in [2.05, 4.69) is 10.5 Å². The maximum atomic E-state index is 13.6. The van der Waals surface area contributed by atoms with Gasteiger partial charge in [0, 0.05) is 23.7 Å². The highest BCUT2D eigenvalue weighted by Crippen LogP contribution is 2.20. The third kappa shape index (κ3) is 4.72. The second-order valence-corrected chi connectivity index (χ2v) is 6.65. The van der Waals surface area contributed by atoms with Crippen molar-refractivity contribution in [3.05, 3.63) is 108 Å². The number of rotatable bonds is 7. The summed E-state index contributed by atoms with van der Waals surface area (Å²) in [5.74, 6) is 0.551. The lowest BCUT2D eigenvalue weighted by molar-refractivity contribution is 0.0942. The number of ether oxygens (including phenoxy) is 1. The van der Waals surface area contributed by atoms with Crippen LogP contribution in [0.4, 0.5) is 4.39 Å². The van der Waals surface area contributed by atoms with Crippen LogP contribution in [-0.4, -0.2) is 11.1 Å². The fraction of sp³-hybridized carbons (Fsp3) is 0.0833. The van der Waals surface area contributed by atoms with Gasteiger partial charge in [0.1, 0.15) is 18.2 Å². The van der Waals surface area contributed by atoms with Crippen LogP contribution in [0.15, 0.2) is 89.5 Å². The highest BCUT2D eigenvalue weighted by atomic mass is 19.1. The monoisotopic (exact) mass is 402 g/mol. The quantitative estimate of drug-likeness (QED) is 0.473. The van der Waals surface area contributed by atoms with Gasteiger partial charge in [-0.2, -0.15) is 0 Å². The number of carbonyl (C=O) groups excluding carboxylic acids is 1. The van der Waals surface area contributed by atoms with Crippen LogP contribution in [-0.2, 0) is 13.2 Å². The van der Waals surface area contributed by atoms with Gasteiger partial charge in [-0.3, -0.25) is 4.79 Å². The summed E-state index contributed by atoms with van der Waals surface area (Å²) in [6.07, 6.45) is 0. The number of hydrogen-bond acceptors (Lipinski definition) is 4. The van der Waals surface area contributed by atoms with Crippen molar-refractivity contribution >= 4 is 5.91 Å². The molecule has 3 aromatic carbocycles. The van der Waals surface area contributed by atoms with Gasteiger partial charge in [-0.15, -0.1) is 0 Å². The number of hydrogen-bond donors (Lipinski definition) is 1. The zero-order chi connectivity index (χ0) is 20.8. The van der Waals surface area contributed by atoms with Crippen LogP contribution in [0.1, 0.15) is 21.6 Å². The molecule has 0 aliphatic carbocycles. The predicted octanol–water partition coefficient (Wildman–Crippen LogP) is 4.99. The highest BCUT2D eigenvalue weighted by molar-refractivity contribution is 5.93. The van der Waals surface area contributed by atoms with Gasteiger partial charge in [0.05, 0.1) is 0 Å². The maximum Gasteiger partial charge on any atom is 0.273 e. The van der Waals surface area contributed by atoms with Crippen molar-refractivity contribution in [3.63, 3.8) is 0 Å². The van der Waals surface area contributed by atoms with Crippen molar-refractivity contribution in [2.75, 3.05) is 0 Å². The summed E-state index contributed by atoms with van der Waals surface area (Å²) in [5, 5.41) is 6.65. The molecule has 0 fully saturated rings. The van der Waals surface area contributed by atoms with E-state index < -0.39 is 0 Å². The van der Waals surface area contributed by atoms with Crippen LogP contribution in [0.25, 0.3) is 11.3 Å². The Bertz CT molecular complexity index is 1120.